The Morgan fingerprint density at radius 1 is 1.30 bits per heavy atom. The van der Waals surface area contributed by atoms with E-state index in [2.05, 4.69) is 44.3 Å². The van der Waals surface area contributed by atoms with Crippen molar-refractivity contribution in [1.29, 1.82) is 0 Å². The lowest BCUT2D eigenvalue weighted by Gasteiger charge is -2.32. The van der Waals surface area contributed by atoms with Gasteiger partial charge in [-0.3, -0.25) is 4.68 Å². The minimum atomic E-state index is -0.315. The molecule has 0 aliphatic carbocycles. The van der Waals surface area contributed by atoms with Gasteiger partial charge in [0.25, 0.3) is 0 Å². The molecule has 2 aliphatic rings. The summed E-state index contributed by atoms with van der Waals surface area (Å²) in [5, 5.41) is 7.91. The second-order valence-corrected chi connectivity index (χ2v) is 6.84. The van der Waals surface area contributed by atoms with E-state index in [1.54, 1.807) is 0 Å². The van der Waals surface area contributed by atoms with Gasteiger partial charge in [-0.05, 0) is 47.1 Å². The molecule has 20 heavy (non-hydrogen) atoms. The number of piperidine rings is 1. The topological polar surface area (TPSA) is 48.3 Å². The van der Waals surface area contributed by atoms with Crippen molar-refractivity contribution in [3.05, 3.63) is 12.4 Å². The van der Waals surface area contributed by atoms with E-state index in [9.17, 15) is 0 Å². The number of nitrogens with zero attached hydrogens (tertiary/aromatic N) is 2. The van der Waals surface area contributed by atoms with Gasteiger partial charge >= 0.3 is 7.12 Å². The molecule has 2 saturated heterocycles. The van der Waals surface area contributed by atoms with Gasteiger partial charge in [0.05, 0.1) is 17.2 Å². The summed E-state index contributed by atoms with van der Waals surface area (Å²) in [7, 11) is -0.315. The molecule has 1 aromatic heterocycles. The quantitative estimate of drug-likeness (QED) is 0.823. The lowest BCUT2D eigenvalue weighted by Crippen LogP contribution is -2.41. The van der Waals surface area contributed by atoms with Crippen molar-refractivity contribution in [2.75, 3.05) is 13.1 Å². The van der Waals surface area contributed by atoms with Gasteiger partial charge in [-0.15, -0.1) is 0 Å². The maximum absolute atomic E-state index is 6.06. The Kier molecular flexibility index (Phi) is 3.43. The third-order valence-electron chi connectivity index (χ3n) is 4.79. The van der Waals surface area contributed by atoms with E-state index in [-0.39, 0.29) is 18.3 Å². The summed E-state index contributed by atoms with van der Waals surface area (Å²) in [5.74, 6) is 0. The van der Waals surface area contributed by atoms with Crippen molar-refractivity contribution >= 4 is 12.6 Å². The van der Waals surface area contributed by atoms with Gasteiger partial charge in [0, 0.05) is 24.4 Å². The SMILES string of the molecule is CC1(C)OB(c2cnn(C3CCCNC3)c2)OC1(C)C. The van der Waals surface area contributed by atoms with E-state index < -0.39 is 0 Å². The Balaban J connectivity index is 1.74. The van der Waals surface area contributed by atoms with Crippen molar-refractivity contribution in [2.45, 2.75) is 57.8 Å². The summed E-state index contributed by atoms with van der Waals surface area (Å²) in [6.45, 7) is 10.4. The van der Waals surface area contributed by atoms with E-state index >= 15 is 0 Å². The van der Waals surface area contributed by atoms with Crippen LogP contribution in [0.25, 0.3) is 0 Å². The maximum atomic E-state index is 6.06. The van der Waals surface area contributed by atoms with Crippen LogP contribution in [0.1, 0.15) is 46.6 Å². The van der Waals surface area contributed by atoms with Crippen molar-refractivity contribution in [3.63, 3.8) is 0 Å². The van der Waals surface area contributed by atoms with Gasteiger partial charge in [0.2, 0.25) is 0 Å². The second kappa shape index (κ2) is 4.86. The molecule has 1 N–H and O–H groups in total. The number of rotatable bonds is 2. The Labute approximate surface area is 121 Å². The van der Waals surface area contributed by atoms with Gasteiger partial charge in [0.1, 0.15) is 0 Å². The van der Waals surface area contributed by atoms with Crippen LogP contribution >= 0.6 is 0 Å². The highest BCUT2D eigenvalue weighted by Crippen LogP contribution is 2.36. The first kappa shape index (κ1) is 14.1. The highest BCUT2D eigenvalue weighted by atomic mass is 16.7. The third kappa shape index (κ3) is 2.40. The number of nitrogens with one attached hydrogen (secondary N) is 1. The molecule has 5 nitrogen and oxygen atoms in total. The standard InChI is InChI=1S/C14H24BN3O2/c1-13(2)14(3,4)20-15(19-13)11-8-17-18(10-11)12-6-5-7-16-9-12/h8,10,12,16H,5-7,9H2,1-4H3. The average Bonchev–Trinajstić information content (AvgIpc) is 2.94. The van der Waals surface area contributed by atoms with Crippen molar-refractivity contribution in [1.82, 2.24) is 15.1 Å². The van der Waals surface area contributed by atoms with Crippen molar-refractivity contribution < 1.29 is 9.31 Å². The monoisotopic (exact) mass is 277 g/mol. The van der Waals surface area contributed by atoms with Crippen LogP contribution in [0.5, 0.6) is 0 Å². The molecular formula is C14H24BN3O2. The van der Waals surface area contributed by atoms with Crippen molar-refractivity contribution in [2.24, 2.45) is 0 Å². The summed E-state index contributed by atoms with van der Waals surface area (Å²) < 4.78 is 14.2. The van der Waals surface area contributed by atoms with Crippen LogP contribution in [0.3, 0.4) is 0 Å². The molecule has 2 fully saturated rings. The summed E-state index contributed by atoms with van der Waals surface area (Å²) in [4.78, 5) is 0. The Morgan fingerprint density at radius 2 is 2.00 bits per heavy atom. The molecule has 0 radical (unpaired) electrons. The Hall–Kier alpha value is -0.845. The molecule has 2 aliphatic heterocycles. The fraction of sp³-hybridized carbons (Fsp3) is 0.786. The minimum Gasteiger partial charge on any atom is -0.399 e. The maximum Gasteiger partial charge on any atom is 0.498 e. The summed E-state index contributed by atoms with van der Waals surface area (Å²) in [6.07, 6.45) is 6.32. The number of hydrogen-bond donors (Lipinski definition) is 1. The zero-order valence-electron chi connectivity index (χ0n) is 12.8. The van der Waals surface area contributed by atoms with Gasteiger partial charge in [0.15, 0.2) is 0 Å². The molecule has 0 saturated carbocycles. The average molecular weight is 277 g/mol. The van der Waals surface area contributed by atoms with Gasteiger partial charge < -0.3 is 14.6 Å². The summed E-state index contributed by atoms with van der Waals surface area (Å²) >= 11 is 0. The van der Waals surface area contributed by atoms with Crippen LogP contribution in [0.15, 0.2) is 12.4 Å². The van der Waals surface area contributed by atoms with Crippen LogP contribution in [-0.4, -0.2) is 41.2 Å². The predicted molar refractivity (Wildman–Crippen MR) is 79.1 cm³/mol. The zero-order valence-corrected chi connectivity index (χ0v) is 12.8. The highest BCUT2D eigenvalue weighted by Gasteiger charge is 2.52. The molecule has 1 unspecified atom stereocenters. The second-order valence-electron chi connectivity index (χ2n) is 6.84. The van der Waals surface area contributed by atoms with Crippen LogP contribution in [0.2, 0.25) is 0 Å². The third-order valence-corrected chi connectivity index (χ3v) is 4.79. The lowest BCUT2D eigenvalue weighted by atomic mass is 9.82. The lowest BCUT2D eigenvalue weighted by molar-refractivity contribution is 0.00578. The molecular weight excluding hydrogens is 253 g/mol. The molecule has 0 bridgehead atoms. The van der Waals surface area contributed by atoms with Gasteiger partial charge in [-0.1, -0.05) is 0 Å². The fourth-order valence-electron chi connectivity index (χ4n) is 2.71. The molecule has 0 aromatic carbocycles. The Bertz CT molecular complexity index is 465. The van der Waals surface area contributed by atoms with E-state index in [0.717, 1.165) is 18.6 Å². The zero-order chi connectivity index (χ0) is 14.4. The number of hydrogen-bond acceptors (Lipinski definition) is 4. The van der Waals surface area contributed by atoms with Gasteiger partial charge in [-0.25, -0.2) is 0 Å². The fourth-order valence-corrected chi connectivity index (χ4v) is 2.71. The summed E-state index contributed by atoms with van der Waals surface area (Å²) in [5.41, 5.74) is 0.410. The molecule has 110 valence electrons. The van der Waals surface area contributed by atoms with E-state index in [4.69, 9.17) is 9.31 Å². The molecule has 0 amide bonds. The number of aromatic nitrogens is 2. The first-order chi connectivity index (χ1) is 9.39. The van der Waals surface area contributed by atoms with E-state index in [0.29, 0.717) is 6.04 Å². The Morgan fingerprint density at radius 3 is 2.60 bits per heavy atom. The molecule has 1 aromatic rings. The van der Waals surface area contributed by atoms with E-state index in [1.165, 1.54) is 12.8 Å². The highest BCUT2D eigenvalue weighted by molar-refractivity contribution is 6.61. The smallest absolute Gasteiger partial charge is 0.399 e. The first-order valence-electron chi connectivity index (χ1n) is 7.49. The molecule has 6 heteroatoms. The summed E-state index contributed by atoms with van der Waals surface area (Å²) in [6, 6.07) is 0.444. The van der Waals surface area contributed by atoms with Crippen molar-refractivity contribution in [3.8, 4) is 0 Å². The predicted octanol–water partition coefficient (Wildman–Crippen LogP) is 1.11. The molecule has 3 heterocycles. The first-order valence-corrected chi connectivity index (χ1v) is 7.49. The normalized spacial score (nSPS) is 28.8. The van der Waals surface area contributed by atoms with Crippen LogP contribution < -0.4 is 10.8 Å². The van der Waals surface area contributed by atoms with Crippen LogP contribution in [0, 0.1) is 0 Å². The van der Waals surface area contributed by atoms with Crippen LogP contribution in [-0.2, 0) is 9.31 Å². The molecule has 0 spiro atoms. The van der Waals surface area contributed by atoms with Crippen LogP contribution in [0.4, 0.5) is 0 Å². The minimum absolute atomic E-state index is 0.299. The van der Waals surface area contributed by atoms with Gasteiger partial charge in [-0.2, -0.15) is 5.10 Å². The molecule has 1 atom stereocenters. The molecule has 3 rings (SSSR count). The largest absolute Gasteiger partial charge is 0.498 e. The van der Waals surface area contributed by atoms with E-state index in [1.807, 2.05) is 10.9 Å².